The van der Waals surface area contributed by atoms with Crippen molar-refractivity contribution in [2.24, 2.45) is 0 Å². The molecule has 0 saturated carbocycles. The van der Waals surface area contributed by atoms with E-state index in [2.05, 4.69) is 24.8 Å². The third-order valence-corrected chi connectivity index (χ3v) is 3.98. The molecule has 3 heterocycles. The maximum atomic E-state index is 10.2. The first kappa shape index (κ1) is 14.9. The van der Waals surface area contributed by atoms with Crippen LogP contribution in [0, 0.1) is 6.92 Å². The molecule has 2 aromatic heterocycles. The van der Waals surface area contributed by atoms with E-state index in [-0.39, 0.29) is 12.1 Å². The molecule has 1 saturated heterocycles. The highest BCUT2D eigenvalue weighted by Crippen LogP contribution is 2.23. The standard InChI is InChI=1S/C16H21N5O/c1-11-8-15(21-9-13(20(2)3)14(22)10-21)19-16(18-11)12-6-4-5-7-17-12/h4-8,13-14,22H,9-10H2,1-3H3/t13-,14-/m0/s1. The fraction of sp³-hybridized carbons (Fsp3) is 0.438. The van der Waals surface area contributed by atoms with Crippen molar-refractivity contribution >= 4 is 5.82 Å². The average molecular weight is 299 g/mol. The summed E-state index contributed by atoms with van der Waals surface area (Å²) in [4.78, 5) is 17.6. The van der Waals surface area contributed by atoms with Crippen molar-refractivity contribution in [2.75, 3.05) is 32.1 Å². The third kappa shape index (κ3) is 2.93. The number of hydrogen-bond acceptors (Lipinski definition) is 6. The Hall–Kier alpha value is -2.05. The van der Waals surface area contributed by atoms with Crippen LogP contribution in [0.4, 0.5) is 5.82 Å². The number of aromatic nitrogens is 3. The molecule has 6 heteroatoms. The monoisotopic (exact) mass is 299 g/mol. The van der Waals surface area contributed by atoms with E-state index in [1.807, 2.05) is 45.3 Å². The highest BCUT2D eigenvalue weighted by Gasteiger charge is 2.33. The van der Waals surface area contributed by atoms with Crippen molar-refractivity contribution in [1.29, 1.82) is 0 Å². The van der Waals surface area contributed by atoms with Gasteiger partial charge in [0.05, 0.1) is 12.1 Å². The van der Waals surface area contributed by atoms with Gasteiger partial charge in [-0.3, -0.25) is 4.98 Å². The summed E-state index contributed by atoms with van der Waals surface area (Å²) in [6, 6.07) is 7.78. The number of nitrogens with zero attached hydrogens (tertiary/aromatic N) is 5. The summed E-state index contributed by atoms with van der Waals surface area (Å²) in [5.74, 6) is 1.47. The van der Waals surface area contributed by atoms with Crippen LogP contribution < -0.4 is 4.90 Å². The Morgan fingerprint density at radius 3 is 2.68 bits per heavy atom. The van der Waals surface area contributed by atoms with Gasteiger partial charge in [-0.1, -0.05) is 6.07 Å². The van der Waals surface area contributed by atoms with Crippen LogP contribution in [0.15, 0.2) is 30.5 Å². The molecule has 6 nitrogen and oxygen atoms in total. The van der Waals surface area contributed by atoms with Gasteiger partial charge in [-0.25, -0.2) is 9.97 Å². The fourth-order valence-corrected chi connectivity index (χ4v) is 2.79. The molecule has 0 aliphatic carbocycles. The zero-order chi connectivity index (χ0) is 15.7. The largest absolute Gasteiger partial charge is 0.390 e. The van der Waals surface area contributed by atoms with E-state index in [4.69, 9.17) is 0 Å². The lowest BCUT2D eigenvalue weighted by Crippen LogP contribution is -2.38. The van der Waals surface area contributed by atoms with Crippen LogP contribution in [0.5, 0.6) is 0 Å². The van der Waals surface area contributed by atoms with Crippen LogP contribution in [-0.2, 0) is 0 Å². The smallest absolute Gasteiger partial charge is 0.180 e. The lowest BCUT2D eigenvalue weighted by Gasteiger charge is -2.22. The van der Waals surface area contributed by atoms with Crippen molar-refractivity contribution in [3.05, 3.63) is 36.2 Å². The molecule has 1 aliphatic rings. The Bertz CT molecular complexity index is 646. The second kappa shape index (κ2) is 5.98. The molecule has 22 heavy (non-hydrogen) atoms. The van der Waals surface area contributed by atoms with Gasteiger partial charge in [0.2, 0.25) is 0 Å². The zero-order valence-corrected chi connectivity index (χ0v) is 13.1. The molecule has 1 N–H and O–H groups in total. The molecule has 0 spiro atoms. The maximum Gasteiger partial charge on any atom is 0.180 e. The summed E-state index contributed by atoms with van der Waals surface area (Å²) in [5.41, 5.74) is 1.66. The number of β-amino-alcohol motifs (C(OH)–C–C–N with tert-alkyl or cyclic N) is 1. The first-order chi connectivity index (χ1) is 10.5. The van der Waals surface area contributed by atoms with Crippen LogP contribution in [-0.4, -0.2) is 64.3 Å². The highest BCUT2D eigenvalue weighted by molar-refractivity contribution is 5.54. The molecule has 0 aromatic carbocycles. The number of aryl methyl sites for hydroxylation is 1. The van der Waals surface area contributed by atoms with Gasteiger partial charge in [0.25, 0.3) is 0 Å². The topological polar surface area (TPSA) is 65.4 Å². The number of rotatable bonds is 3. The van der Waals surface area contributed by atoms with E-state index in [9.17, 15) is 5.11 Å². The van der Waals surface area contributed by atoms with Crippen molar-refractivity contribution in [1.82, 2.24) is 19.9 Å². The van der Waals surface area contributed by atoms with Gasteiger partial charge in [-0.15, -0.1) is 0 Å². The van der Waals surface area contributed by atoms with Crippen LogP contribution in [0.2, 0.25) is 0 Å². The minimum Gasteiger partial charge on any atom is -0.390 e. The number of aliphatic hydroxyl groups is 1. The van der Waals surface area contributed by atoms with Crippen LogP contribution in [0.1, 0.15) is 5.69 Å². The highest BCUT2D eigenvalue weighted by atomic mass is 16.3. The molecule has 0 radical (unpaired) electrons. The molecular weight excluding hydrogens is 278 g/mol. The lowest BCUT2D eigenvalue weighted by molar-refractivity contribution is 0.114. The van der Waals surface area contributed by atoms with Gasteiger partial charge in [-0.2, -0.15) is 0 Å². The van der Waals surface area contributed by atoms with Gasteiger partial charge >= 0.3 is 0 Å². The average Bonchev–Trinajstić information content (AvgIpc) is 2.90. The summed E-state index contributed by atoms with van der Waals surface area (Å²) in [5, 5.41) is 10.2. The fourth-order valence-electron chi connectivity index (χ4n) is 2.79. The van der Waals surface area contributed by atoms with Crippen LogP contribution >= 0.6 is 0 Å². The second-order valence-corrected chi connectivity index (χ2v) is 5.91. The minimum absolute atomic E-state index is 0.119. The first-order valence-corrected chi connectivity index (χ1v) is 7.41. The Balaban J connectivity index is 1.91. The summed E-state index contributed by atoms with van der Waals surface area (Å²) >= 11 is 0. The van der Waals surface area contributed by atoms with Gasteiger partial charge < -0.3 is 14.9 Å². The Kier molecular flexibility index (Phi) is 4.04. The molecule has 1 fully saturated rings. The second-order valence-electron chi connectivity index (χ2n) is 5.91. The molecule has 0 amide bonds. The van der Waals surface area contributed by atoms with Crippen molar-refractivity contribution in [3.8, 4) is 11.5 Å². The van der Waals surface area contributed by atoms with Crippen molar-refractivity contribution < 1.29 is 5.11 Å². The summed E-state index contributed by atoms with van der Waals surface area (Å²) in [6.07, 6.45) is 1.37. The predicted octanol–water partition coefficient (Wildman–Crippen LogP) is 0.958. The van der Waals surface area contributed by atoms with Gasteiger partial charge in [0, 0.05) is 31.0 Å². The van der Waals surface area contributed by atoms with E-state index in [0.717, 1.165) is 23.8 Å². The van der Waals surface area contributed by atoms with E-state index in [0.29, 0.717) is 12.4 Å². The molecule has 2 atom stereocenters. The van der Waals surface area contributed by atoms with E-state index < -0.39 is 0 Å². The first-order valence-electron chi connectivity index (χ1n) is 7.41. The van der Waals surface area contributed by atoms with Gasteiger partial charge in [-0.05, 0) is 33.2 Å². The Labute approximate surface area is 130 Å². The van der Waals surface area contributed by atoms with Crippen molar-refractivity contribution in [3.63, 3.8) is 0 Å². The van der Waals surface area contributed by atoms with E-state index >= 15 is 0 Å². The van der Waals surface area contributed by atoms with Crippen molar-refractivity contribution in [2.45, 2.75) is 19.1 Å². The quantitative estimate of drug-likeness (QED) is 0.910. The molecule has 1 aliphatic heterocycles. The molecule has 0 unspecified atom stereocenters. The minimum atomic E-state index is -0.372. The summed E-state index contributed by atoms with van der Waals surface area (Å²) < 4.78 is 0. The normalized spacial score (nSPS) is 21.6. The zero-order valence-electron chi connectivity index (χ0n) is 13.1. The van der Waals surface area contributed by atoms with Gasteiger partial charge in [0.1, 0.15) is 11.5 Å². The lowest BCUT2D eigenvalue weighted by atomic mass is 10.2. The number of anilines is 1. The Morgan fingerprint density at radius 1 is 1.23 bits per heavy atom. The summed E-state index contributed by atoms with van der Waals surface area (Å²) in [6.45, 7) is 3.29. The number of pyridine rings is 1. The SMILES string of the molecule is Cc1cc(N2C[C@H](O)[C@@H](N(C)C)C2)nc(-c2ccccn2)n1. The predicted molar refractivity (Wildman–Crippen MR) is 85.7 cm³/mol. The number of hydrogen-bond donors (Lipinski definition) is 1. The van der Waals surface area contributed by atoms with E-state index in [1.54, 1.807) is 6.20 Å². The Morgan fingerprint density at radius 2 is 2.05 bits per heavy atom. The maximum absolute atomic E-state index is 10.2. The molecule has 3 rings (SSSR count). The molecule has 116 valence electrons. The van der Waals surface area contributed by atoms with Crippen LogP contribution in [0.3, 0.4) is 0 Å². The van der Waals surface area contributed by atoms with E-state index in [1.165, 1.54) is 0 Å². The van der Waals surface area contributed by atoms with Crippen LogP contribution in [0.25, 0.3) is 11.5 Å². The number of likely N-dealkylation sites (N-methyl/N-ethyl adjacent to an activating group) is 1. The molecular formula is C16H21N5O. The third-order valence-electron chi connectivity index (χ3n) is 3.98. The summed E-state index contributed by atoms with van der Waals surface area (Å²) in [7, 11) is 3.98. The molecule has 2 aromatic rings. The number of aliphatic hydroxyl groups excluding tert-OH is 1. The van der Waals surface area contributed by atoms with Gasteiger partial charge in [0.15, 0.2) is 5.82 Å². The molecule has 0 bridgehead atoms.